The lowest BCUT2D eigenvalue weighted by molar-refractivity contribution is -0.131. The third-order valence-electron chi connectivity index (χ3n) is 10.6. The molecule has 0 fully saturated rings. The molecule has 0 aromatic carbocycles. The summed E-state index contributed by atoms with van der Waals surface area (Å²) in [5.74, 6) is -0.522. The van der Waals surface area contributed by atoms with Gasteiger partial charge in [-0.2, -0.15) is 0 Å². The maximum absolute atomic E-state index is 12.5. The van der Waals surface area contributed by atoms with Gasteiger partial charge < -0.3 is 20.6 Å². The van der Waals surface area contributed by atoms with Crippen LogP contribution < -0.4 is 5.32 Å². The molecule has 316 valence electrons. The summed E-state index contributed by atoms with van der Waals surface area (Å²) in [5.41, 5.74) is 0. The van der Waals surface area contributed by atoms with Crippen LogP contribution in [0, 0.1) is 0 Å². The number of carbonyl (C=O) groups is 1. The number of amides is 1. The molecule has 0 rings (SSSR count). The van der Waals surface area contributed by atoms with Crippen molar-refractivity contribution in [1.29, 1.82) is 0 Å². The third-order valence-corrected chi connectivity index (χ3v) is 10.6. The Hall–Kier alpha value is -1.69. The Morgan fingerprint density at radius 3 is 1.13 bits per heavy atom. The molecule has 0 saturated heterocycles. The van der Waals surface area contributed by atoms with E-state index in [1.165, 1.54) is 167 Å². The Morgan fingerprint density at radius 1 is 0.444 bits per heavy atom. The molecule has 3 unspecified atom stereocenters. The lowest BCUT2D eigenvalue weighted by Crippen LogP contribution is -2.48. The fourth-order valence-electron chi connectivity index (χ4n) is 6.92. The highest BCUT2D eigenvalue weighted by Gasteiger charge is 2.22. The first-order valence-corrected chi connectivity index (χ1v) is 23.5. The van der Waals surface area contributed by atoms with Crippen LogP contribution in [0.15, 0.2) is 48.6 Å². The second-order valence-electron chi connectivity index (χ2n) is 15.9. The fourth-order valence-corrected chi connectivity index (χ4v) is 6.92. The van der Waals surface area contributed by atoms with Crippen molar-refractivity contribution in [2.24, 2.45) is 0 Å². The molecule has 0 aliphatic heterocycles. The van der Waals surface area contributed by atoms with Crippen LogP contribution in [0.25, 0.3) is 0 Å². The lowest BCUT2D eigenvalue weighted by atomic mass is 10.0. The van der Waals surface area contributed by atoms with E-state index in [4.69, 9.17) is 0 Å². The van der Waals surface area contributed by atoms with Gasteiger partial charge in [-0.25, -0.2) is 0 Å². The summed E-state index contributed by atoms with van der Waals surface area (Å²) in [6, 6.07) is -0.824. The van der Waals surface area contributed by atoms with Crippen LogP contribution in [0.5, 0.6) is 0 Å². The van der Waals surface area contributed by atoms with Gasteiger partial charge >= 0.3 is 0 Å². The molecule has 0 spiro atoms. The van der Waals surface area contributed by atoms with E-state index in [9.17, 15) is 20.1 Å². The number of unbranched alkanes of at least 4 members (excludes halogenated alkanes) is 28. The molecule has 0 saturated carbocycles. The number of hydrogen-bond acceptors (Lipinski definition) is 4. The van der Waals surface area contributed by atoms with E-state index < -0.39 is 24.2 Å². The number of allylic oxidation sites excluding steroid dienone is 7. The molecular formula is C49H91NO4. The predicted octanol–water partition coefficient (Wildman–Crippen LogP) is 13.7. The number of rotatable bonds is 42. The third kappa shape index (κ3) is 38.6. The zero-order valence-electron chi connectivity index (χ0n) is 35.8. The first-order valence-electron chi connectivity index (χ1n) is 23.5. The van der Waals surface area contributed by atoms with Crippen molar-refractivity contribution in [1.82, 2.24) is 5.32 Å². The summed E-state index contributed by atoms with van der Waals surface area (Å²) >= 11 is 0. The second-order valence-corrected chi connectivity index (χ2v) is 15.9. The monoisotopic (exact) mass is 758 g/mol. The minimum Gasteiger partial charge on any atom is -0.394 e. The van der Waals surface area contributed by atoms with Gasteiger partial charge in [0.05, 0.1) is 18.8 Å². The van der Waals surface area contributed by atoms with Crippen LogP contribution in [0.4, 0.5) is 0 Å². The Bertz CT molecular complexity index is 881. The fraction of sp³-hybridized carbons (Fsp3) is 0.816. The highest BCUT2D eigenvalue weighted by Crippen LogP contribution is 2.14. The number of carbonyl (C=O) groups excluding carboxylic acids is 1. The van der Waals surface area contributed by atoms with Crippen LogP contribution in [-0.2, 0) is 4.79 Å². The summed E-state index contributed by atoms with van der Waals surface area (Å²) in [6.07, 6.45) is 57.2. The average molecular weight is 758 g/mol. The van der Waals surface area contributed by atoms with Crippen LogP contribution in [0.1, 0.15) is 232 Å². The van der Waals surface area contributed by atoms with Crippen LogP contribution >= 0.6 is 0 Å². The Kier molecular flexibility index (Phi) is 42.7. The van der Waals surface area contributed by atoms with E-state index >= 15 is 0 Å². The molecule has 5 nitrogen and oxygen atoms in total. The molecule has 0 heterocycles. The molecule has 0 aromatic heterocycles. The Labute approximate surface area is 336 Å². The molecule has 1 amide bonds. The van der Waals surface area contributed by atoms with Gasteiger partial charge in [0.1, 0.15) is 6.10 Å². The lowest BCUT2D eigenvalue weighted by Gasteiger charge is -2.21. The van der Waals surface area contributed by atoms with Gasteiger partial charge in [-0.3, -0.25) is 4.79 Å². The topological polar surface area (TPSA) is 89.8 Å². The molecule has 0 aliphatic rings. The first-order chi connectivity index (χ1) is 26.6. The van der Waals surface area contributed by atoms with Crippen molar-refractivity contribution in [3.05, 3.63) is 48.6 Å². The number of aliphatic hydroxyl groups excluding tert-OH is 3. The van der Waals surface area contributed by atoms with E-state index in [1.54, 1.807) is 6.08 Å². The SMILES string of the molecule is CCCCCCCCCCC/C=C/CC/C=C/CC/C=C/C(O)C(CO)NC(=O)C(O)CCCCCCCC/C=C\CCCCCCCCCCCCC. The van der Waals surface area contributed by atoms with Crippen molar-refractivity contribution in [2.75, 3.05) is 6.61 Å². The predicted molar refractivity (Wildman–Crippen MR) is 236 cm³/mol. The molecule has 0 bridgehead atoms. The zero-order chi connectivity index (χ0) is 39.4. The summed E-state index contributed by atoms with van der Waals surface area (Å²) in [7, 11) is 0. The maximum Gasteiger partial charge on any atom is 0.249 e. The largest absolute Gasteiger partial charge is 0.394 e. The van der Waals surface area contributed by atoms with Gasteiger partial charge in [0.15, 0.2) is 0 Å². The first kappa shape index (κ1) is 52.3. The summed E-state index contributed by atoms with van der Waals surface area (Å²) in [6.45, 7) is 4.17. The van der Waals surface area contributed by atoms with Crippen LogP contribution in [-0.4, -0.2) is 46.1 Å². The number of nitrogens with one attached hydrogen (secondary N) is 1. The van der Waals surface area contributed by atoms with Crippen molar-refractivity contribution >= 4 is 5.91 Å². The smallest absolute Gasteiger partial charge is 0.249 e. The molecule has 0 aliphatic carbocycles. The van der Waals surface area contributed by atoms with Gasteiger partial charge in [-0.05, 0) is 70.6 Å². The van der Waals surface area contributed by atoms with Crippen molar-refractivity contribution in [3.8, 4) is 0 Å². The minimum atomic E-state index is -1.12. The minimum absolute atomic E-state index is 0.384. The summed E-state index contributed by atoms with van der Waals surface area (Å²) in [4.78, 5) is 12.5. The quantitative estimate of drug-likeness (QED) is 0.0369. The summed E-state index contributed by atoms with van der Waals surface area (Å²) in [5, 5.41) is 33.2. The van der Waals surface area contributed by atoms with Crippen molar-refractivity contribution in [3.63, 3.8) is 0 Å². The van der Waals surface area contributed by atoms with Gasteiger partial charge in [-0.15, -0.1) is 0 Å². The van der Waals surface area contributed by atoms with Gasteiger partial charge in [0.2, 0.25) is 5.91 Å². The van der Waals surface area contributed by atoms with Crippen molar-refractivity contribution < 1.29 is 20.1 Å². The Balaban J connectivity index is 3.73. The highest BCUT2D eigenvalue weighted by molar-refractivity contribution is 5.80. The number of hydrogen-bond donors (Lipinski definition) is 4. The van der Waals surface area contributed by atoms with Gasteiger partial charge in [-0.1, -0.05) is 210 Å². The molecule has 3 atom stereocenters. The van der Waals surface area contributed by atoms with Gasteiger partial charge in [0, 0.05) is 0 Å². The molecule has 5 heteroatoms. The molecule has 54 heavy (non-hydrogen) atoms. The molecule has 4 N–H and O–H groups in total. The Morgan fingerprint density at radius 2 is 0.759 bits per heavy atom. The van der Waals surface area contributed by atoms with Crippen LogP contribution in [0.2, 0.25) is 0 Å². The summed E-state index contributed by atoms with van der Waals surface area (Å²) < 4.78 is 0. The van der Waals surface area contributed by atoms with Crippen LogP contribution in [0.3, 0.4) is 0 Å². The zero-order valence-corrected chi connectivity index (χ0v) is 35.8. The van der Waals surface area contributed by atoms with Crippen molar-refractivity contribution in [2.45, 2.75) is 250 Å². The molecular weight excluding hydrogens is 667 g/mol. The molecule has 0 radical (unpaired) electrons. The normalized spacial score (nSPS) is 13.9. The van der Waals surface area contributed by atoms with Gasteiger partial charge in [0.25, 0.3) is 0 Å². The van der Waals surface area contributed by atoms with E-state index in [0.29, 0.717) is 6.42 Å². The van der Waals surface area contributed by atoms with E-state index in [1.807, 2.05) is 6.08 Å². The maximum atomic E-state index is 12.5. The second kappa shape index (κ2) is 44.0. The number of aliphatic hydroxyl groups is 3. The average Bonchev–Trinajstić information content (AvgIpc) is 3.18. The van der Waals surface area contributed by atoms with E-state index in [-0.39, 0.29) is 6.61 Å². The molecule has 0 aromatic rings. The highest BCUT2D eigenvalue weighted by atomic mass is 16.3. The standard InChI is InChI=1S/C49H91NO4/c1-3-5-7-9-11-13-15-17-19-21-23-24-26-28-30-32-34-36-38-40-42-44-48(53)49(54)50-46(45-51)47(52)43-41-39-37-35-33-31-29-27-25-22-20-18-16-14-12-10-8-6-4-2/h25-28,33,35,41,43,46-48,51-53H,3-24,29-32,34,36-40,42,44-45H2,1-2H3,(H,50,54)/b27-25+,28-26-,35-33+,43-41+. The van der Waals surface area contributed by atoms with E-state index in [0.717, 1.165) is 44.9 Å². The van der Waals surface area contributed by atoms with E-state index in [2.05, 4.69) is 55.6 Å².